The zero-order valence-electron chi connectivity index (χ0n) is 14.1. The summed E-state index contributed by atoms with van der Waals surface area (Å²) in [5, 5.41) is 0. The highest BCUT2D eigenvalue weighted by atomic mass is 16.2. The second kappa shape index (κ2) is 6.31. The monoisotopic (exact) mass is 306 g/mol. The molecular weight excluding hydrogens is 276 g/mol. The fourth-order valence-electron chi connectivity index (χ4n) is 4.77. The SMILES string of the molecule is CC(=O)C1(C2CCN(C(=O)C3CCN(C)CC3)CC2)CCC1. The standard InChI is InChI=1S/C18H30N2O2/c1-14(21)18(8-3-9-18)16-6-12-20(13-7-16)17(22)15-4-10-19(2)11-5-15/h15-16H,3-13H2,1-2H3. The Morgan fingerprint density at radius 1 is 0.955 bits per heavy atom. The van der Waals surface area contributed by atoms with Crippen molar-refractivity contribution in [2.75, 3.05) is 33.2 Å². The first-order chi connectivity index (χ1) is 10.5. The molecule has 1 aliphatic carbocycles. The van der Waals surface area contributed by atoms with Gasteiger partial charge < -0.3 is 9.80 Å². The van der Waals surface area contributed by atoms with Crippen LogP contribution in [0.25, 0.3) is 0 Å². The highest BCUT2D eigenvalue weighted by molar-refractivity contribution is 5.83. The molecule has 2 heterocycles. The molecule has 4 heteroatoms. The fourth-order valence-corrected chi connectivity index (χ4v) is 4.77. The molecule has 0 radical (unpaired) electrons. The number of nitrogens with zero attached hydrogens (tertiary/aromatic N) is 2. The Morgan fingerprint density at radius 2 is 1.55 bits per heavy atom. The molecule has 0 unspecified atom stereocenters. The summed E-state index contributed by atoms with van der Waals surface area (Å²) < 4.78 is 0. The minimum absolute atomic E-state index is 0.0251. The summed E-state index contributed by atoms with van der Waals surface area (Å²) in [7, 11) is 2.13. The molecule has 0 spiro atoms. The van der Waals surface area contributed by atoms with E-state index in [2.05, 4.69) is 16.8 Å². The van der Waals surface area contributed by atoms with Crippen molar-refractivity contribution in [3.8, 4) is 0 Å². The average molecular weight is 306 g/mol. The van der Waals surface area contributed by atoms with Crippen LogP contribution in [-0.4, -0.2) is 54.7 Å². The van der Waals surface area contributed by atoms with E-state index < -0.39 is 0 Å². The lowest BCUT2D eigenvalue weighted by molar-refractivity contribution is -0.143. The van der Waals surface area contributed by atoms with Gasteiger partial charge in [0.15, 0.2) is 0 Å². The molecule has 0 aromatic rings. The van der Waals surface area contributed by atoms with Gasteiger partial charge in [-0.3, -0.25) is 9.59 Å². The largest absolute Gasteiger partial charge is 0.342 e. The van der Waals surface area contributed by atoms with E-state index in [4.69, 9.17) is 0 Å². The number of carbonyl (C=O) groups excluding carboxylic acids is 2. The van der Waals surface area contributed by atoms with Gasteiger partial charge in [0, 0.05) is 24.4 Å². The molecule has 3 fully saturated rings. The van der Waals surface area contributed by atoms with Crippen LogP contribution in [0.4, 0.5) is 0 Å². The van der Waals surface area contributed by atoms with Crippen molar-refractivity contribution in [2.45, 2.75) is 51.9 Å². The van der Waals surface area contributed by atoms with Gasteiger partial charge in [0.1, 0.15) is 5.78 Å². The molecule has 0 aromatic carbocycles. The first kappa shape index (κ1) is 16.0. The van der Waals surface area contributed by atoms with Crippen LogP contribution >= 0.6 is 0 Å². The average Bonchev–Trinajstić information content (AvgIpc) is 2.46. The first-order valence-electron chi connectivity index (χ1n) is 9.01. The number of piperidine rings is 2. The smallest absolute Gasteiger partial charge is 0.225 e. The topological polar surface area (TPSA) is 40.6 Å². The summed E-state index contributed by atoms with van der Waals surface area (Å²) in [6, 6.07) is 0. The van der Waals surface area contributed by atoms with Crippen molar-refractivity contribution in [3.63, 3.8) is 0 Å². The van der Waals surface area contributed by atoms with Crippen LogP contribution in [0, 0.1) is 17.3 Å². The third-order valence-corrected chi connectivity index (χ3v) is 6.60. The predicted octanol–water partition coefficient (Wildman–Crippen LogP) is 2.33. The lowest BCUT2D eigenvalue weighted by Crippen LogP contribution is -2.50. The second-order valence-electron chi connectivity index (χ2n) is 7.74. The molecule has 3 aliphatic rings. The number of rotatable bonds is 3. The van der Waals surface area contributed by atoms with Crippen LogP contribution in [0.5, 0.6) is 0 Å². The highest BCUT2D eigenvalue weighted by Crippen LogP contribution is 2.51. The zero-order chi connectivity index (χ0) is 15.7. The number of carbonyl (C=O) groups is 2. The molecule has 0 atom stereocenters. The van der Waals surface area contributed by atoms with Crippen molar-refractivity contribution in [1.29, 1.82) is 0 Å². The van der Waals surface area contributed by atoms with Gasteiger partial charge in [-0.1, -0.05) is 6.42 Å². The summed E-state index contributed by atoms with van der Waals surface area (Å²) in [4.78, 5) is 29.1. The molecule has 2 aliphatic heterocycles. The third-order valence-electron chi connectivity index (χ3n) is 6.60. The van der Waals surface area contributed by atoms with Crippen LogP contribution in [0.3, 0.4) is 0 Å². The van der Waals surface area contributed by atoms with Crippen molar-refractivity contribution < 1.29 is 9.59 Å². The molecule has 124 valence electrons. The van der Waals surface area contributed by atoms with Gasteiger partial charge in [0.05, 0.1) is 0 Å². The Labute approximate surface area is 134 Å². The van der Waals surface area contributed by atoms with E-state index in [0.29, 0.717) is 17.6 Å². The van der Waals surface area contributed by atoms with Gasteiger partial charge in [-0.25, -0.2) is 0 Å². The van der Waals surface area contributed by atoms with Gasteiger partial charge in [-0.2, -0.15) is 0 Å². The van der Waals surface area contributed by atoms with E-state index in [0.717, 1.165) is 64.7 Å². The molecule has 1 amide bonds. The molecule has 22 heavy (non-hydrogen) atoms. The Morgan fingerprint density at radius 3 is 2.00 bits per heavy atom. The van der Waals surface area contributed by atoms with Crippen molar-refractivity contribution in [2.24, 2.45) is 17.3 Å². The zero-order valence-corrected chi connectivity index (χ0v) is 14.1. The molecule has 4 nitrogen and oxygen atoms in total. The first-order valence-corrected chi connectivity index (χ1v) is 9.01. The molecular formula is C18H30N2O2. The van der Waals surface area contributed by atoms with E-state index in [9.17, 15) is 9.59 Å². The van der Waals surface area contributed by atoms with Crippen molar-refractivity contribution in [1.82, 2.24) is 9.80 Å². The van der Waals surface area contributed by atoms with Crippen LogP contribution in [0.2, 0.25) is 0 Å². The molecule has 0 aromatic heterocycles. The fraction of sp³-hybridized carbons (Fsp3) is 0.889. The Hall–Kier alpha value is -0.900. The van der Waals surface area contributed by atoms with E-state index in [-0.39, 0.29) is 11.3 Å². The number of hydrogen-bond acceptors (Lipinski definition) is 3. The molecule has 0 N–H and O–H groups in total. The lowest BCUT2D eigenvalue weighted by Gasteiger charge is -2.49. The maximum absolute atomic E-state index is 12.7. The Bertz CT molecular complexity index is 428. The van der Waals surface area contributed by atoms with Crippen LogP contribution in [0.1, 0.15) is 51.9 Å². The summed E-state index contributed by atoms with van der Waals surface area (Å²) in [6.07, 6.45) is 7.43. The van der Waals surface area contributed by atoms with Crippen LogP contribution in [0.15, 0.2) is 0 Å². The van der Waals surface area contributed by atoms with E-state index >= 15 is 0 Å². The molecule has 1 saturated carbocycles. The highest BCUT2D eigenvalue weighted by Gasteiger charge is 2.48. The number of hydrogen-bond donors (Lipinski definition) is 0. The van der Waals surface area contributed by atoms with Crippen LogP contribution in [-0.2, 0) is 9.59 Å². The summed E-state index contributed by atoms with van der Waals surface area (Å²) in [5.41, 5.74) is -0.0251. The van der Waals surface area contributed by atoms with Gasteiger partial charge in [0.2, 0.25) is 5.91 Å². The lowest BCUT2D eigenvalue weighted by atomic mass is 9.57. The van der Waals surface area contributed by atoms with Crippen molar-refractivity contribution >= 4 is 11.7 Å². The summed E-state index contributed by atoms with van der Waals surface area (Å²) >= 11 is 0. The van der Waals surface area contributed by atoms with Gasteiger partial charge in [-0.05, 0) is 71.5 Å². The minimum Gasteiger partial charge on any atom is -0.342 e. The quantitative estimate of drug-likeness (QED) is 0.803. The van der Waals surface area contributed by atoms with Gasteiger partial charge in [-0.15, -0.1) is 0 Å². The molecule has 2 saturated heterocycles. The predicted molar refractivity (Wildman–Crippen MR) is 86.5 cm³/mol. The number of likely N-dealkylation sites (tertiary alicyclic amines) is 2. The Kier molecular flexibility index (Phi) is 4.58. The Balaban J connectivity index is 1.53. The molecule has 0 bridgehead atoms. The van der Waals surface area contributed by atoms with Crippen LogP contribution < -0.4 is 0 Å². The minimum atomic E-state index is -0.0251. The summed E-state index contributed by atoms with van der Waals surface area (Å²) in [6.45, 7) is 5.59. The maximum Gasteiger partial charge on any atom is 0.225 e. The summed E-state index contributed by atoms with van der Waals surface area (Å²) in [5.74, 6) is 1.51. The van der Waals surface area contributed by atoms with E-state index in [1.807, 2.05) is 0 Å². The maximum atomic E-state index is 12.7. The van der Waals surface area contributed by atoms with Crippen molar-refractivity contribution in [3.05, 3.63) is 0 Å². The number of Topliss-reactive ketones (excluding diaryl/α,β-unsaturated/α-hetero) is 1. The normalized spacial score (nSPS) is 27.5. The van der Waals surface area contributed by atoms with Gasteiger partial charge in [0.25, 0.3) is 0 Å². The van der Waals surface area contributed by atoms with Gasteiger partial charge >= 0.3 is 0 Å². The number of amides is 1. The van der Waals surface area contributed by atoms with E-state index in [1.165, 1.54) is 6.42 Å². The van der Waals surface area contributed by atoms with E-state index in [1.54, 1.807) is 6.92 Å². The third kappa shape index (κ3) is 2.82. The number of ketones is 1. The second-order valence-corrected chi connectivity index (χ2v) is 7.74. The molecule has 3 rings (SSSR count).